The summed E-state index contributed by atoms with van der Waals surface area (Å²) >= 11 is 0. The average Bonchev–Trinajstić information content (AvgIpc) is 2.86. The third-order valence-electron chi connectivity index (χ3n) is 4.22. The molecular weight excluding hydrogens is 289 g/mol. The van der Waals surface area contributed by atoms with Crippen LogP contribution in [0.15, 0.2) is 0 Å². The second kappa shape index (κ2) is 6.21. The van der Waals surface area contributed by atoms with Crippen LogP contribution in [0.4, 0.5) is 13.2 Å². The van der Waals surface area contributed by atoms with Crippen molar-refractivity contribution in [1.82, 2.24) is 9.80 Å². The first-order chi connectivity index (χ1) is 9.79. The van der Waals surface area contributed by atoms with Crippen molar-refractivity contribution in [3.05, 3.63) is 0 Å². The summed E-state index contributed by atoms with van der Waals surface area (Å²) in [6.07, 6.45) is -2.73. The lowest BCUT2D eigenvalue weighted by atomic mass is 9.97. The fraction of sp³-hybridized carbons (Fsp3) is 0.846. The zero-order valence-corrected chi connectivity index (χ0v) is 11.6. The number of carboxylic acids is 1. The lowest BCUT2D eigenvalue weighted by Crippen LogP contribution is -2.49. The maximum atomic E-state index is 12.7. The zero-order chi connectivity index (χ0) is 15.6. The number of carbonyl (C=O) groups excluding carboxylic acids is 1. The first kappa shape index (κ1) is 16.1. The molecule has 2 aliphatic rings. The van der Waals surface area contributed by atoms with E-state index in [-0.39, 0.29) is 19.5 Å². The fourth-order valence-corrected chi connectivity index (χ4v) is 3.04. The van der Waals surface area contributed by atoms with Crippen LogP contribution < -0.4 is 0 Å². The number of piperidine rings is 1. The smallest absolute Gasteiger partial charge is 0.393 e. The molecule has 0 radical (unpaired) electrons. The van der Waals surface area contributed by atoms with Crippen LogP contribution in [0.2, 0.25) is 0 Å². The van der Waals surface area contributed by atoms with Crippen LogP contribution in [0.5, 0.6) is 0 Å². The summed E-state index contributed by atoms with van der Waals surface area (Å²) in [5.41, 5.74) is 0. The maximum Gasteiger partial charge on any atom is 0.393 e. The van der Waals surface area contributed by atoms with E-state index in [0.717, 1.165) is 0 Å². The minimum absolute atomic E-state index is 0.0503. The molecule has 0 unspecified atom stereocenters. The third-order valence-corrected chi connectivity index (χ3v) is 4.22. The van der Waals surface area contributed by atoms with Crippen molar-refractivity contribution in [2.45, 2.75) is 37.9 Å². The standard InChI is InChI=1S/C13H19F3N2O3/c14-13(15,16)9-3-1-6-18(7-9)11(19)8-17-5-2-4-10(17)12(20)21/h9-10H,1-8H2,(H,20,21)/t9-,10+/m0/s1. The molecule has 0 aromatic carbocycles. The van der Waals surface area contributed by atoms with Gasteiger partial charge < -0.3 is 10.0 Å². The molecule has 2 rings (SSSR count). The molecule has 2 heterocycles. The number of aliphatic carboxylic acids is 1. The summed E-state index contributed by atoms with van der Waals surface area (Å²) in [6.45, 7) is 0.395. The van der Waals surface area contributed by atoms with Crippen molar-refractivity contribution in [3.8, 4) is 0 Å². The number of hydrogen-bond donors (Lipinski definition) is 1. The first-order valence-corrected chi connectivity index (χ1v) is 7.10. The largest absolute Gasteiger partial charge is 0.480 e. The minimum Gasteiger partial charge on any atom is -0.480 e. The maximum absolute atomic E-state index is 12.7. The number of carboxylic acid groups (broad SMARTS) is 1. The topological polar surface area (TPSA) is 60.9 Å². The monoisotopic (exact) mass is 308 g/mol. The summed E-state index contributed by atoms with van der Waals surface area (Å²) in [5, 5.41) is 9.04. The van der Waals surface area contributed by atoms with Gasteiger partial charge in [-0.1, -0.05) is 0 Å². The minimum atomic E-state index is -4.28. The van der Waals surface area contributed by atoms with Crippen molar-refractivity contribution in [1.29, 1.82) is 0 Å². The Morgan fingerprint density at radius 2 is 1.81 bits per heavy atom. The van der Waals surface area contributed by atoms with Crippen LogP contribution in [0, 0.1) is 5.92 Å². The lowest BCUT2D eigenvalue weighted by molar-refractivity contribution is -0.188. The highest BCUT2D eigenvalue weighted by Gasteiger charge is 2.43. The molecule has 0 aromatic rings. The lowest BCUT2D eigenvalue weighted by Gasteiger charge is -2.35. The predicted molar refractivity (Wildman–Crippen MR) is 67.6 cm³/mol. The molecule has 2 saturated heterocycles. The number of amides is 1. The van der Waals surface area contributed by atoms with E-state index in [0.29, 0.717) is 32.4 Å². The zero-order valence-electron chi connectivity index (χ0n) is 11.6. The van der Waals surface area contributed by atoms with E-state index in [2.05, 4.69) is 0 Å². The van der Waals surface area contributed by atoms with E-state index >= 15 is 0 Å². The van der Waals surface area contributed by atoms with Crippen molar-refractivity contribution >= 4 is 11.9 Å². The van der Waals surface area contributed by atoms with Crippen LogP contribution in [-0.4, -0.2) is 65.2 Å². The fourth-order valence-electron chi connectivity index (χ4n) is 3.04. The highest BCUT2D eigenvalue weighted by Crippen LogP contribution is 2.33. The molecule has 2 aliphatic heterocycles. The number of nitrogens with zero attached hydrogens (tertiary/aromatic N) is 2. The van der Waals surface area contributed by atoms with Crippen molar-refractivity contribution in [2.24, 2.45) is 5.92 Å². The number of hydrogen-bond acceptors (Lipinski definition) is 3. The van der Waals surface area contributed by atoms with Crippen molar-refractivity contribution in [3.63, 3.8) is 0 Å². The van der Waals surface area contributed by atoms with Crippen LogP contribution >= 0.6 is 0 Å². The molecule has 5 nitrogen and oxygen atoms in total. The Morgan fingerprint density at radius 1 is 1.14 bits per heavy atom. The second-order valence-electron chi connectivity index (χ2n) is 5.69. The van der Waals surface area contributed by atoms with Gasteiger partial charge in [0.25, 0.3) is 0 Å². The number of carbonyl (C=O) groups is 2. The molecular formula is C13H19F3N2O3. The van der Waals surface area contributed by atoms with Gasteiger partial charge in [0.15, 0.2) is 0 Å². The average molecular weight is 308 g/mol. The number of alkyl halides is 3. The third kappa shape index (κ3) is 3.87. The quantitative estimate of drug-likeness (QED) is 0.854. The van der Waals surface area contributed by atoms with Gasteiger partial charge in [0.05, 0.1) is 12.5 Å². The molecule has 0 spiro atoms. The van der Waals surface area contributed by atoms with E-state index in [4.69, 9.17) is 5.11 Å². The molecule has 1 amide bonds. The SMILES string of the molecule is O=C(O)[C@H]1CCCN1CC(=O)N1CCC[C@H](C(F)(F)F)C1. The van der Waals surface area contributed by atoms with Crippen molar-refractivity contribution in [2.75, 3.05) is 26.2 Å². The normalized spacial score (nSPS) is 27.9. The second-order valence-corrected chi connectivity index (χ2v) is 5.69. The molecule has 0 saturated carbocycles. The summed E-state index contributed by atoms with van der Waals surface area (Å²) in [5.74, 6) is -2.85. The van der Waals surface area contributed by atoms with Gasteiger partial charge in [-0.3, -0.25) is 14.5 Å². The van der Waals surface area contributed by atoms with Crippen LogP contribution in [0.25, 0.3) is 0 Å². The molecule has 1 N–H and O–H groups in total. The number of likely N-dealkylation sites (tertiary alicyclic amines) is 2. The highest BCUT2D eigenvalue weighted by atomic mass is 19.4. The molecule has 0 aromatic heterocycles. The Morgan fingerprint density at radius 3 is 2.43 bits per heavy atom. The number of halogens is 3. The van der Waals surface area contributed by atoms with E-state index < -0.39 is 30.0 Å². The molecule has 21 heavy (non-hydrogen) atoms. The van der Waals surface area contributed by atoms with Crippen molar-refractivity contribution < 1.29 is 27.9 Å². The summed E-state index contributed by atoms with van der Waals surface area (Å²) in [7, 11) is 0. The van der Waals surface area contributed by atoms with Gasteiger partial charge in [-0.25, -0.2) is 0 Å². The van der Waals surface area contributed by atoms with Gasteiger partial charge in [0.1, 0.15) is 6.04 Å². The van der Waals surface area contributed by atoms with Gasteiger partial charge >= 0.3 is 12.1 Å². The first-order valence-electron chi connectivity index (χ1n) is 7.10. The summed E-state index contributed by atoms with van der Waals surface area (Å²) in [4.78, 5) is 25.9. The van der Waals surface area contributed by atoms with E-state index in [1.165, 1.54) is 4.90 Å². The van der Waals surface area contributed by atoms with Crippen LogP contribution in [0.1, 0.15) is 25.7 Å². The van der Waals surface area contributed by atoms with E-state index in [1.54, 1.807) is 4.90 Å². The Kier molecular flexibility index (Phi) is 4.75. The highest BCUT2D eigenvalue weighted by molar-refractivity contribution is 5.80. The van der Waals surface area contributed by atoms with Crippen LogP contribution in [0.3, 0.4) is 0 Å². The van der Waals surface area contributed by atoms with Crippen LogP contribution in [-0.2, 0) is 9.59 Å². The molecule has 120 valence electrons. The van der Waals surface area contributed by atoms with E-state index in [1.807, 2.05) is 0 Å². The predicted octanol–water partition coefficient (Wildman–Crippen LogP) is 1.34. The molecule has 2 fully saturated rings. The number of rotatable bonds is 3. The summed E-state index contributed by atoms with van der Waals surface area (Å²) in [6, 6.07) is -0.697. The molecule has 0 bridgehead atoms. The van der Waals surface area contributed by atoms with Gasteiger partial charge in [-0.2, -0.15) is 13.2 Å². The van der Waals surface area contributed by atoms with Gasteiger partial charge in [0.2, 0.25) is 5.91 Å². The Labute approximate surface area is 120 Å². The van der Waals surface area contributed by atoms with Gasteiger partial charge in [-0.15, -0.1) is 0 Å². The van der Waals surface area contributed by atoms with Gasteiger partial charge in [0, 0.05) is 13.1 Å². The Hall–Kier alpha value is -1.31. The van der Waals surface area contributed by atoms with E-state index in [9.17, 15) is 22.8 Å². The molecule has 2 atom stereocenters. The Balaban J connectivity index is 1.92. The Bertz CT molecular complexity index is 414. The van der Waals surface area contributed by atoms with Gasteiger partial charge in [-0.05, 0) is 32.2 Å². The molecule has 8 heteroatoms. The summed E-state index contributed by atoms with van der Waals surface area (Å²) < 4.78 is 38.2. The molecule has 0 aliphatic carbocycles.